The lowest BCUT2D eigenvalue weighted by molar-refractivity contribution is 0.0708. The first-order valence-corrected chi connectivity index (χ1v) is 8.43. The van der Waals surface area contributed by atoms with Crippen LogP contribution in [0.25, 0.3) is 0 Å². The first-order valence-electron chi connectivity index (χ1n) is 6.61. The van der Waals surface area contributed by atoms with Crippen LogP contribution in [0.3, 0.4) is 0 Å². The summed E-state index contributed by atoms with van der Waals surface area (Å²) in [5, 5.41) is 0. The van der Waals surface area contributed by atoms with Gasteiger partial charge in [0, 0.05) is 18.2 Å². The minimum absolute atomic E-state index is 0.000916. The summed E-state index contributed by atoms with van der Waals surface area (Å²) in [7, 11) is -3.05. The zero-order valence-electron chi connectivity index (χ0n) is 11.6. The highest BCUT2D eigenvalue weighted by molar-refractivity contribution is 7.91. The maximum Gasteiger partial charge on any atom is 0.254 e. The Morgan fingerprint density at radius 2 is 2.15 bits per heavy atom. The number of hydrogen-bond acceptors (Lipinski definition) is 3. The number of halogens is 1. The molecule has 20 heavy (non-hydrogen) atoms. The first kappa shape index (κ1) is 15.0. The number of amides is 1. The van der Waals surface area contributed by atoms with E-state index in [0.29, 0.717) is 18.5 Å². The average Bonchev–Trinajstić information content (AvgIpc) is 2.74. The zero-order valence-corrected chi connectivity index (χ0v) is 12.4. The summed E-state index contributed by atoms with van der Waals surface area (Å²) in [6, 6.07) is 4.04. The first-order chi connectivity index (χ1) is 9.34. The molecule has 0 saturated carbocycles. The molecule has 1 aliphatic heterocycles. The van der Waals surface area contributed by atoms with Crippen molar-refractivity contribution >= 4 is 15.7 Å². The standard InChI is InChI=1S/C14H18FNO3S/c1-3-16(12-6-7-20(18,19)9-12)14(17)11-5-4-10(2)13(15)8-11/h4-5,8,12H,3,6-7,9H2,1-2H3. The van der Waals surface area contributed by atoms with Gasteiger partial charge in [-0.05, 0) is 38.0 Å². The van der Waals surface area contributed by atoms with E-state index in [1.54, 1.807) is 26.0 Å². The fourth-order valence-corrected chi connectivity index (χ4v) is 4.21. The number of benzene rings is 1. The highest BCUT2D eigenvalue weighted by Gasteiger charge is 2.34. The van der Waals surface area contributed by atoms with Gasteiger partial charge in [-0.1, -0.05) is 6.07 Å². The van der Waals surface area contributed by atoms with Gasteiger partial charge in [0.1, 0.15) is 5.82 Å². The summed E-state index contributed by atoms with van der Waals surface area (Å²) in [4.78, 5) is 13.9. The van der Waals surface area contributed by atoms with Crippen LogP contribution in [-0.4, -0.2) is 43.3 Å². The molecule has 1 unspecified atom stereocenters. The molecule has 0 aromatic heterocycles. The Balaban J connectivity index is 2.23. The third-order valence-electron chi connectivity index (χ3n) is 3.67. The van der Waals surface area contributed by atoms with Crippen LogP contribution >= 0.6 is 0 Å². The molecule has 2 rings (SSSR count). The average molecular weight is 299 g/mol. The van der Waals surface area contributed by atoms with Crippen molar-refractivity contribution in [2.45, 2.75) is 26.3 Å². The monoisotopic (exact) mass is 299 g/mol. The number of sulfone groups is 1. The molecule has 0 radical (unpaired) electrons. The van der Waals surface area contributed by atoms with Crippen molar-refractivity contribution in [2.75, 3.05) is 18.1 Å². The van der Waals surface area contributed by atoms with Gasteiger partial charge >= 0.3 is 0 Å². The topological polar surface area (TPSA) is 54.5 Å². The predicted molar refractivity (Wildman–Crippen MR) is 74.9 cm³/mol. The van der Waals surface area contributed by atoms with Gasteiger partial charge in [0.2, 0.25) is 0 Å². The molecule has 1 saturated heterocycles. The van der Waals surface area contributed by atoms with Crippen LogP contribution in [0.1, 0.15) is 29.3 Å². The summed E-state index contributed by atoms with van der Waals surface area (Å²) in [6.45, 7) is 3.84. The van der Waals surface area contributed by atoms with Gasteiger partial charge in [0.15, 0.2) is 9.84 Å². The molecule has 0 bridgehead atoms. The number of carbonyl (C=O) groups is 1. The van der Waals surface area contributed by atoms with Gasteiger partial charge in [-0.3, -0.25) is 4.79 Å². The predicted octanol–water partition coefficient (Wildman–Crippen LogP) is 1.78. The van der Waals surface area contributed by atoms with Gasteiger partial charge in [-0.2, -0.15) is 0 Å². The largest absolute Gasteiger partial charge is 0.335 e. The summed E-state index contributed by atoms with van der Waals surface area (Å²) >= 11 is 0. The van der Waals surface area contributed by atoms with Gasteiger partial charge in [0.25, 0.3) is 5.91 Å². The van der Waals surface area contributed by atoms with Gasteiger partial charge in [-0.25, -0.2) is 12.8 Å². The molecule has 6 heteroatoms. The van der Waals surface area contributed by atoms with Crippen LogP contribution in [0.2, 0.25) is 0 Å². The molecule has 1 aromatic carbocycles. The third kappa shape index (κ3) is 3.00. The molecule has 1 heterocycles. The fraction of sp³-hybridized carbons (Fsp3) is 0.500. The molecule has 1 fully saturated rings. The Morgan fingerprint density at radius 3 is 2.65 bits per heavy atom. The van der Waals surface area contributed by atoms with Gasteiger partial charge in [-0.15, -0.1) is 0 Å². The van der Waals surface area contributed by atoms with Crippen LogP contribution in [0, 0.1) is 12.7 Å². The Kier molecular flexibility index (Phi) is 4.13. The maximum absolute atomic E-state index is 13.5. The Morgan fingerprint density at radius 1 is 1.45 bits per heavy atom. The summed E-state index contributed by atoms with van der Waals surface area (Å²) < 4.78 is 36.6. The second-order valence-corrected chi connectivity index (χ2v) is 7.34. The van der Waals surface area contributed by atoms with E-state index in [1.807, 2.05) is 0 Å². The molecule has 1 aromatic rings. The normalized spacial score (nSPS) is 20.9. The second kappa shape index (κ2) is 5.52. The van der Waals surface area contributed by atoms with Crippen molar-refractivity contribution in [3.8, 4) is 0 Å². The fourth-order valence-electron chi connectivity index (χ4n) is 2.48. The molecular formula is C14H18FNO3S. The number of carbonyl (C=O) groups excluding carboxylic acids is 1. The van der Waals surface area contributed by atoms with Crippen LogP contribution in [0.15, 0.2) is 18.2 Å². The lowest BCUT2D eigenvalue weighted by Crippen LogP contribution is -2.41. The lowest BCUT2D eigenvalue weighted by atomic mass is 10.1. The van der Waals surface area contributed by atoms with Crippen molar-refractivity contribution < 1.29 is 17.6 Å². The molecule has 0 aliphatic carbocycles. The SMILES string of the molecule is CCN(C(=O)c1ccc(C)c(F)c1)C1CCS(=O)(=O)C1. The number of aryl methyl sites for hydroxylation is 1. The minimum Gasteiger partial charge on any atom is -0.335 e. The zero-order chi connectivity index (χ0) is 14.9. The Hall–Kier alpha value is -1.43. The van der Waals surface area contributed by atoms with Gasteiger partial charge in [0.05, 0.1) is 11.5 Å². The molecule has 1 amide bonds. The van der Waals surface area contributed by atoms with E-state index in [0.717, 1.165) is 0 Å². The van der Waals surface area contributed by atoms with Crippen molar-refractivity contribution in [3.05, 3.63) is 35.1 Å². The van der Waals surface area contributed by atoms with Crippen LogP contribution < -0.4 is 0 Å². The van der Waals surface area contributed by atoms with E-state index in [9.17, 15) is 17.6 Å². The van der Waals surface area contributed by atoms with E-state index in [1.165, 1.54) is 11.0 Å². The third-order valence-corrected chi connectivity index (χ3v) is 5.42. The summed E-state index contributed by atoms with van der Waals surface area (Å²) in [5.74, 6) is -0.621. The number of hydrogen-bond donors (Lipinski definition) is 0. The van der Waals surface area contributed by atoms with Crippen molar-refractivity contribution in [2.24, 2.45) is 0 Å². The molecule has 4 nitrogen and oxygen atoms in total. The molecule has 0 N–H and O–H groups in total. The minimum atomic E-state index is -3.05. The Bertz CT molecular complexity index is 627. The van der Waals surface area contributed by atoms with Gasteiger partial charge < -0.3 is 4.90 Å². The lowest BCUT2D eigenvalue weighted by Gasteiger charge is -2.27. The van der Waals surface area contributed by atoms with E-state index in [2.05, 4.69) is 0 Å². The quantitative estimate of drug-likeness (QED) is 0.855. The Labute approximate surface area is 118 Å². The molecule has 110 valence electrons. The van der Waals surface area contributed by atoms with Crippen molar-refractivity contribution in [3.63, 3.8) is 0 Å². The smallest absolute Gasteiger partial charge is 0.254 e. The summed E-state index contributed by atoms with van der Waals surface area (Å²) in [6.07, 6.45) is 0.455. The maximum atomic E-state index is 13.5. The number of rotatable bonds is 3. The molecular weight excluding hydrogens is 281 g/mol. The van der Waals surface area contributed by atoms with Crippen LogP contribution in [-0.2, 0) is 9.84 Å². The molecule has 1 aliphatic rings. The highest BCUT2D eigenvalue weighted by atomic mass is 32.2. The van der Waals surface area contributed by atoms with Crippen molar-refractivity contribution in [1.29, 1.82) is 0 Å². The summed E-state index contributed by atoms with van der Waals surface area (Å²) in [5.41, 5.74) is 0.743. The van der Waals surface area contributed by atoms with E-state index in [4.69, 9.17) is 0 Å². The highest BCUT2D eigenvalue weighted by Crippen LogP contribution is 2.20. The van der Waals surface area contributed by atoms with E-state index < -0.39 is 15.7 Å². The second-order valence-electron chi connectivity index (χ2n) is 5.11. The van der Waals surface area contributed by atoms with Crippen LogP contribution in [0.4, 0.5) is 4.39 Å². The van der Waals surface area contributed by atoms with Crippen molar-refractivity contribution in [1.82, 2.24) is 4.90 Å². The molecule has 1 atom stereocenters. The van der Waals surface area contributed by atoms with E-state index in [-0.39, 0.29) is 29.0 Å². The molecule has 0 spiro atoms. The van der Waals surface area contributed by atoms with E-state index >= 15 is 0 Å². The number of nitrogens with zero attached hydrogens (tertiary/aromatic N) is 1. The van der Waals surface area contributed by atoms with Crippen LogP contribution in [0.5, 0.6) is 0 Å².